The summed E-state index contributed by atoms with van der Waals surface area (Å²) < 4.78 is 0.394. The fourth-order valence-electron chi connectivity index (χ4n) is 0.651. The molecule has 0 aliphatic heterocycles. The summed E-state index contributed by atoms with van der Waals surface area (Å²) in [6.45, 7) is 1.76. The van der Waals surface area contributed by atoms with Crippen LogP contribution in [0.5, 0.6) is 5.75 Å². The van der Waals surface area contributed by atoms with Crippen LogP contribution >= 0.6 is 15.9 Å². The van der Waals surface area contributed by atoms with Gasteiger partial charge in [0, 0.05) is 0 Å². The van der Waals surface area contributed by atoms with Crippen LogP contribution in [0.1, 0.15) is 5.56 Å². The summed E-state index contributed by atoms with van der Waals surface area (Å²) in [7, 11) is 0. The Labute approximate surface area is 67.0 Å². The Morgan fingerprint density at radius 2 is 2.30 bits per heavy atom. The van der Waals surface area contributed by atoms with E-state index in [-0.39, 0.29) is 5.75 Å². The normalized spacial score (nSPS) is 9.80. The molecule has 0 amide bonds. The van der Waals surface area contributed by atoms with E-state index in [1.54, 1.807) is 13.0 Å². The van der Waals surface area contributed by atoms with Crippen LogP contribution in [0.15, 0.2) is 10.7 Å². The molecule has 10 heavy (non-hydrogen) atoms. The van der Waals surface area contributed by atoms with Crippen LogP contribution in [0, 0.1) is 6.92 Å². The zero-order valence-corrected chi connectivity index (χ0v) is 7.01. The van der Waals surface area contributed by atoms with Crippen molar-refractivity contribution in [1.29, 1.82) is 0 Å². The van der Waals surface area contributed by atoms with E-state index in [4.69, 9.17) is 10.8 Å². The Kier molecular flexibility index (Phi) is 1.80. The average Bonchev–Trinajstić information content (AvgIpc) is 1.82. The van der Waals surface area contributed by atoms with Crippen molar-refractivity contribution in [3.8, 4) is 5.75 Å². The highest BCUT2D eigenvalue weighted by molar-refractivity contribution is 9.10. The number of anilines is 1. The zero-order valence-electron chi connectivity index (χ0n) is 5.43. The van der Waals surface area contributed by atoms with Gasteiger partial charge in [-0.1, -0.05) is 0 Å². The molecule has 1 heterocycles. The highest BCUT2D eigenvalue weighted by Gasteiger charge is 2.02. The molecule has 0 fully saturated rings. The van der Waals surface area contributed by atoms with Crippen LogP contribution in [-0.2, 0) is 0 Å². The molecule has 0 saturated carbocycles. The molecule has 4 heteroatoms. The first-order valence-electron chi connectivity index (χ1n) is 2.73. The second kappa shape index (κ2) is 2.46. The lowest BCUT2D eigenvalue weighted by atomic mass is 10.3. The molecule has 3 nitrogen and oxygen atoms in total. The molecule has 0 aromatic carbocycles. The largest absolute Gasteiger partial charge is 0.505 e. The van der Waals surface area contributed by atoms with Crippen molar-refractivity contribution in [1.82, 2.24) is 4.98 Å². The van der Waals surface area contributed by atoms with Gasteiger partial charge in [-0.05, 0) is 34.5 Å². The predicted octanol–water partition coefficient (Wildman–Crippen LogP) is 1.44. The van der Waals surface area contributed by atoms with Gasteiger partial charge >= 0.3 is 0 Å². The zero-order chi connectivity index (χ0) is 7.72. The van der Waals surface area contributed by atoms with Gasteiger partial charge in [0.15, 0.2) is 5.75 Å². The highest BCUT2D eigenvalue weighted by Crippen LogP contribution is 2.26. The van der Waals surface area contributed by atoms with Gasteiger partial charge in [0.1, 0.15) is 10.4 Å². The number of aromatic hydroxyl groups is 1. The van der Waals surface area contributed by atoms with E-state index >= 15 is 0 Å². The lowest BCUT2D eigenvalue weighted by Gasteiger charge is -2.00. The monoisotopic (exact) mass is 202 g/mol. The van der Waals surface area contributed by atoms with Crippen molar-refractivity contribution in [2.24, 2.45) is 0 Å². The summed E-state index contributed by atoms with van der Waals surface area (Å²) in [6, 6.07) is 1.61. The molecule has 0 aliphatic carbocycles. The summed E-state index contributed by atoms with van der Waals surface area (Å²) in [4.78, 5) is 3.78. The summed E-state index contributed by atoms with van der Waals surface area (Å²) in [5, 5.41) is 9.17. The Hall–Kier alpha value is -0.770. The molecule has 3 N–H and O–H groups in total. The third-order valence-corrected chi connectivity index (χ3v) is 1.71. The molecule has 1 rings (SSSR count). The number of nitrogens with two attached hydrogens (primary N) is 1. The second-order valence-corrected chi connectivity index (χ2v) is 2.75. The Morgan fingerprint density at radius 1 is 1.70 bits per heavy atom. The van der Waals surface area contributed by atoms with Gasteiger partial charge in [0.05, 0.1) is 0 Å². The number of rotatable bonds is 0. The van der Waals surface area contributed by atoms with E-state index in [9.17, 15) is 0 Å². The molecule has 0 aliphatic rings. The van der Waals surface area contributed by atoms with Crippen molar-refractivity contribution < 1.29 is 5.11 Å². The summed E-state index contributed by atoms with van der Waals surface area (Å²) in [6.07, 6.45) is 0. The number of aryl methyl sites for hydroxylation is 1. The molecule has 1 aromatic heterocycles. The summed E-state index contributed by atoms with van der Waals surface area (Å²) >= 11 is 3.06. The minimum atomic E-state index is 0.147. The number of halogens is 1. The van der Waals surface area contributed by atoms with Crippen molar-refractivity contribution in [3.63, 3.8) is 0 Å². The van der Waals surface area contributed by atoms with Crippen LogP contribution < -0.4 is 5.73 Å². The first kappa shape index (κ1) is 7.34. The maximum absolute atomic E-state index is 9.17. The molecule has 0 radical (unpaired) electrons. The lowest BCUT2D eigenvalue weighted by molar-refractivity contribution is 0.464. The van der Waals surface area contributed by atoms with Crippen LogP contribution in [0.25, 0.3) is 0 Å². The number of hydrogen-bond donors (Lipinski definition) is 2. The molecule has 0 bridgehead atoms. The predicted molar refractivity (Wildman–Crippen MR) is 42.8 cm³/mol. The maximum Gasteiger partial charge on any atom is 0.151 e. The van der Waals surface area contributed by atoms with Gasteiger partial charge in [0.25, 0.3) is 0 Å². The maximum atomic E-state index is 9.17. The van der Waals surface area contributed by atoms with E-state index in [1.807, 2.05) is 0 Å². The molecule has 54 valence electrons. The lowest BCUT2D eigenvalue weighted by Crippen LogP contribution is -1.91. The molecule has 1 aromatic rings. The van der Waals surface area contributed by atoms with Crippen molar-refractivity contribution in [2.45, 2.75) is 6.92 Å². The Morgan fingerprint density at radius 3 is 2.80 bits per heavy atom. The molecule has 0 unspecified atom stereocenters. The van der Waals surface area contributed by atoms with Gasteiger partial charge < -0.3 is 10.8 Å². The highest BCUT2D eigenvalue weighted by atomic mass is 79.9. The number of aromatic nitrogens is 1. The smallest absolute Gasteiger partial charge is 0.151 e. The van der Waals surface area contributed by atoms with Crippen molar-refractivity contribution >= 4 is 21.7 Å². The minimum Gasteiger partial charge on any atom is -0.505 e. The van der Waals surface area contributed by atoms with E-state index in [0.29, 0.717) is 10.4 Å². The van der Waals surface area contributed by atoms with Gasteiger partial charge in [-0.15, -0.1) is 0 Å². The van der Waals surface area contributed by atoms with E-state index in [1.165, 1.54) is 0 Å². The van der Waals surface area contributed by atoms with E-state index in [2.05, 4.69) is 20.9 Å². The Bertz CT molecular complexity index is 239. The second-order valence-electron chi connectivity index (χ2n) is 2.00. The van der Waals surface area contributed by atoms with Crippen LogP contribution in [0.2, 0.25) is 0 Å². The average molecular weight is 203 g/mol. The van der Waals surface area contributed by atoms with Gasteiger partial charge in [-0.3, -0.25) is 0 Å². The van der Waals surface area contributed by atoms with E-state index < -0.39 is 0 Å². The number of nitrogens with zero attached hydrogens (tertiary/aromatic N) is 1. The molecular weight excluding hydrogens is 196 g/mol. The standard InChI is InChI=1S/C6H7BrN2O/c1-3-2-4(8)9-6(7)5(3)10/h2,10H,1H3,(H2,8,9). The third-order valence-electron chi connectivity index (χ3n) is 1.16. The molecule has 0 atom stereocenters. The molecule has 0 spiro atoms. The molecule has 0 saturated heterocycles. The van der Waals surface area contributed by atoms with Crippen LogP contribution in [0.3, 0.4) is 0 Å². The summed E-state index contributed by atoms with van der Waals surface area (Å²) in [5.41, 5.74) is 6.10. The number of pyridine rings is 1. The van der Waals surface area contributed by atoms with Crippen molar-refractivity contribution in [2.75, 3.05) is 5.73 Å². The van der Waals surface area contributed by atoms with E-state index in [0.717, 1.165) is 5.56 Å². The number of nitrogen functional groups attached to an aromatic ring is 1. The van der Waals surface area contributed by atoms with Crippen LogP contribution in [0.4, 0.5) is 5.82 Å². The minimum absolute atomic E-state index is 0.147. The van der Waals surface area contributed by atoms with Gasteiger partial charge in [-0.2, -0.15) is 0 Å². The van der Waals surface area contributed by atoms with Crippen molar-refractivity contribution in [3.05, 3.63) is 16.2 Å². The fraction of sp³-hybridized carbons (Fsp3) is 0.167. The first-order chi connectivity index (χ1) is 4.61. The number of hydrogen-bond acceptors (Lipinski definition) is 3. The third kappa shape index (κ3) is 1.21. The summed E-state index contributed by atoms with van der Waals surface area (Å²) in [5.74, 6) is 0.552. The first-order valence-corrected chi connectivity index (χ1v) is 3.52. The van der Waals surface area contributed by atoms with Crippen LogP contribution in [-0.4, -0.2) is 10.1 Å². The fourth-order valence-corrected chi connectivity index (χ4v) is 1.17. The molecular formula is C6H7BrN2O. The van der Waals surface area contributed by atoms with Gasteiger partial charge in [-0.25, -0.2) is 4.98 Å². The Balaban J connectivity index is 3.31. The SMILES string of the molecule is Cc1cc(N)nc(Br)c1O. The quantitative estimate of drug-likeness (QED) is 0.627. The topological polar surface area (TPSA) is 59.1 Å². The van der Waals surface area contributed by atoms with Gasteiger partial charge in [0.2, 0.25) is 0 Å².